The van der Waals surface area contributed by atoms with E-state index in [9.17, 15) is 14.7 Å². The van der Waals surface area contributed by atoms with Crippen LogP contribution in [0, 0.1) is 0 Å². The standard InChI is InChI=1S/C11H18N2O4/c14-9-7-11(16)13(8-9)2-1-10(15)12-3-5-17-6-4-12/h9,14H,1-8H2. The number of aliphatic hydroxyl groups excluding tert-OH is 1. The summed E-state index contributed by atoms with van der Waals surface area (Å²) < 4.78 is 5.17. The molecule has 2 fully saturated rings. The summed E-state index contributed by atoms with van der Waals surface area (Å²) in [5.41, 5.74) is 0. The predicted octanol–water partition coefficient (Wildman–Crippen LogP) is -1.17. The van der Waals surface area contributed by atoms with Gasteiger partial charge in [-0.1, -0.05) is 0 Å². The molecule has 2 amide bonds. The monoisotopic (exact) mass is 242 g/mol. The van der Waals surface area contributed by atoms with Crippen LogP contribution in [0.15, 0.2) is 0 Å². The van der Waals surface area contributed by atoms with Crippen LogP contribution >= 0.6 is 0 Å². The van der Waals surface area contributed by atoms with Crippen LogP contribution in [0.2, 0.25) is 0 Å². The molecule has 1 N–H and O–H groups in total. The molecule has 2 aliphatic heterocycles. The van der Waals surface area contributed by atoms with Crippen LogP contribution in [0.5, 0.6) is 0 Å². The Balaban J connectivity index is 1.74. The maximum absolute atomic E-state index is 11.8. The van der Waals surface area contributed by atoms with E-state index in [1.165, 1.54) is 0 Å². The van der Waals surface area contributed by atoms with E-state index in [0.717, 1.165) is 0 Å². The lowest BCUT2D eigenvalue weighted by Gasteiger charge is -2.27. The summed E-state index contributed by atoms with van der Waals surface area (Å²) in [4.78, 5) is 26.5. The van der Waals surface area contributed by atoms with Gasteiger partial charge in [0, 0.05) is 32.6 Å². The van der Waals surface area contributed by atoms with Crippen molar-refractivity contribution in [2.24, 2.45) is 0 Å². The van der Waals surface area contributed by atoms with Gasteiger partial charge in [-0.05, 0) is 0 Å². The highest BCUT2D eigenvalue weighted by atomic mass is 16.5. The molecule has 6 nitrogen and oxygen atoms in total. The normalized spacial score (nSPS) is 25.5. The molecule has 96 valence electrons. The van der Waals surface area contributed by atoms with Crippen LogP contribution in [0.25, 0.3) is 0 Å². The Bertz CT molecular complexity index is 302. The molecular formula is C11H18N2O4. The second kappa shape index (κ2) is 5.46. The Kier molecular flexibility index (Phi) is 3.96. The van der Waals surface area contributed by atoms with Crippen molar-refractivity contribution in [3.63, 3.8) is 0 Å². The SMILES string of the molecule is O=C(CCN1CC(O)CC1=O)N1CCOCC1. The summed E-state index contributed by atoms with van der Waals surface area (Å²) in [6.45, 7) is 3.21. The van der Waals surface area contributed by atoms with Gasteiger partial charge in [0.25, 0.3) is 0 Å². The number of aliphatic hydroxyl groups is 1. The first kappa shape index (κ1) is 12.3. The van der Waals surface area contributed by atoms with Crippen LogP contribution < -0.4 is 0 Å². The topological polar surface area (TPSA) is 70.1 Å². The largest absolute Gasteiger partial charge is 0.391 e. The fourth-order valence-electron chi connectivity index (χ4n) is 2.17. The molecule has 2 aliphatic rings. The van der Waals surface area contributed by atoms with Crippen LogP contribution in [0.1, 0.15) is 12.8 Å². The van der Waals surface area contributed by atoms with E-state index < -0.39 is 6.10 Å². The quantitative estimate of drug-likeness (QED) is 0.677. The fourth-order valence-corrected chi connectivity index (χ4v) is 2.17. The van der Waals surface area contributed by atoms with Crippen molar-refractivity contribution >= 4 is 11.8 Å². The summed E-state index contributed by atoms with van der Waals surface area (Å²) in [7, 11) is 0. The summed E-state index contributed by atoms with van der Waals surface area (Å²) in [5, 5.41) is 9.31. The van der Waals surface area contributed by atoms with Gasteiger partial charge in [0.15, 0.2) is 0 Å². The Labute approximate surface area is 100 Å². The van der Waals surface area contributed by atoms with Crippen LogP contribution in [-0.2, 0) is 14.3 Å². The smallest absolute Gasteiger partial charge is 0.225 e. The second-order valence-corrected chi connectivity index (χ2v) is 4.44. The molecule has 1 atom stereocenters. The molecule has 2 saturated heterocycles. The molecule has 0 saturated carbocycles. The highest BCUT2D eigenvalue weighted by Gasteiger charge is 2.28. The van der Waals surface area contributed by atoms with E-state index in [1.54, 1.807) is 9.80 Å². The number of rotatable bonds is 3. The third-order valence-electron chi connectivity index (χ3n) is 3.15. The Hall–Kier alpha value is -1.14. The minimum atomic E-state index is -0.569. The van der Waals surface area contributed by atoms with Gasteiger partial charge < -0.3 is 19.6 Å². The van der Waals surface area contributed by atoms with Gasteiger partial charge in [-0.3, -0.25) is 9.59 Å². The Morgan fingerprint density at radius 3 is 2.71 bits per heavy atom. The molecular weight excluding hydrogens is 224 g/mol. The van der Waals surface area contributed by atoms with Crippen LogP contribution in [0.4, 0.5) is 0 Å². The van der Waals surface area contributed by atoms with Gasteiger partial charge in [-0.15, -0.1) is 0 Å². The van der Waals surface area contributed by atoms with Gasteiger partial charge in [-0.25, -0.2) is 0 Å². The van der Waals surface area contributed by atoms with E-state index in [4.69, 9.17) is 4.74 Å². The average Bonchev–Trinajstić information content (AvgIpc) is 2.66. The number of β-amino-alcohol motifs (C(OH)–C–C–N with tert-alkyl or cyclic N) is 1. The molecule has 0 spiro atoms. The molecule has 17 heavy (non-hydrogen) atoms. The number of carbonyl (C=O) groups is 2. The highest BCUT2D eigenvalue weighted by molar-refractivity contribution is 5.81. The van der Waals surface area contributed by atoms with Crippen molar-refractivity contribution in [1.29, 1.82) is 0 Å². The lowest BCUT2D eigenvalue weighted by molar-refractivity contribution is -0.136. The maximum Gasteiger partial charge on any atom is 0.225 e. The van der Waals surface area contributed by atoms with Gasteiger partial charge >= 0.3 is 0 Å². The molecule has 0 aromatic heterocycles. The van der Waals surface area contributed by atoms with Gasteiger partial charge in [0.1, 0.15) is 0 Å². The molecule has 0 aromatic carbocycles. The third-order valence-corrected chi connectivity index (χ3v) is 3.15. The van der Waals surface area contributed by atoms with Crippen molar-refractivity contribution in [3.05, 3.63) is 0 Å². The Morgan fingerprint density at radius 1 is 1.41 bits per heavy atom. The first-order chi connectivity index (χ1) is 8.16. The molecule has 0 aliphatic carbocycles. The Morgan fingerprint density at radius 2 is 2.12 bits per heavy atom. The number of hydrogen-bond acceptors (Lipinski definition) is 4. The van der Waals surface area contributed by atoms with Crippen LogP contribution in [0.3, 0.4) is 0 Å². The number of likely N-dealkylation sites (tertiary alicyclic amines) is 1. The fraction of sp³-hybridized carbons (Fsp3) is 0.818. The number of ether oxygens (including phenoxy) is 1. The van der Waals surface area contributed by atoms with E-state index in [2.05, 4.69) is 0 Å². The lowest BCUT2D eigenvalue weighted by Crippen LogP contribution is -2.42. The van der Waals surface area contributed by atoms with Gasteiger partial charge in [-0.2, -0.15) is 0 Å². The molecule has 0 bridgehead atoms. The molecule has 6 heteroatoms. The van der Waals surface area contributed by atoms with Gasteiger partial charge in [0.2, 0.25) is 11.8 Å². The van der Waals surface area contributed by atoms with Crippen molar-refractivity contribution < 1.29 is 19.4 Å². The zero-order valence-electron chi connectivity index (χ0n) is 9.80. The van der Waals surface area contributed by atoms with Crippen molar-refractivity contribution in [2.75, 3.05) is 39.4 Å². The number of nitrogens with zero attached hydrogens (tertiary/aromatic N) is 2. The molecule has 2 heterocycles. The highest BCUT2D eigenvalue weighted by Crippen LogP contribution is 2.11. The minimum Gasteiger partial charge on any atom is -0.391 e. The van der Waals surface area contributed by atoms with E-state index in [1.807, 2.05) is 0 Å². The molecule has 1 unspecified atom stereocenters. The predicted molar refractivity (Wildman–Crippen MR) is 59.2 cm³/mol. The number of hydrogen-bond donors (Lipinski definition) is 1. The van der Waals surface area contributed by atoms with E-state index in [-0.39, 0.29) is 18.2 Å². The van der Waals surface area contributed by atoms with Crippen LogP contribution in [-0.4, -0.2) is 72.2 Å². The zero-order chi connectivity index (χ0) is 12.3. The second-order valence-electron chi connectivity index (χ2n) is 4.44. The summed E-state index contributed by atoms with van der Waals surface area (Å²) in [6, 6.07) is 0. The van der Waals surface area contributed by atoms with Crippen molar-refractivity contribution in [1.82, 2.24) is 9.80 Å². The molecule has 2 rings (SSSR count). The summed E-state index contributed by atoms with van der Waals surface area (Å²) >= 11 is 0. The first-order valence-electron chi connectivity index (χ1n) is 5.98. The lowest BCUT2D eigenvalue weighted by atomic mass is 10.3. The molecule has 0 aromatic rings. The maximum atomic E-state index is 11.8. The minimum absolute atomic E-state index is 0.0579. The number of carbonyl (C=O) groups excluding carboxylic acids is 2. The third kappa shape index (κ3) is 3.17. The summed E-state index contributed by atoms with van der Waals surface area (Å²) in [6.07, 6.45) is -0.0505. The van der Waals surface area contributed by atoms with Gasteiger partial charge in [0.05, 0.1) is 25.7 Å². The number of morpholine rings is 1. The van der Waals surface area contributed by atoms with Crippen molar-refractivity contribution in [3.8, 4) is 0 Å². The first-order valence-corrected chi connectivity index (χ1v) is 5.98. The average molecular weight is 242 g/mol. The number of amides is 2. The van der Waals surface area contributed by atoms with E-state index in [0.29, 0.717) is 45.8 Å². The molecule has 0 radical (unpaired) electrons. The van der Waals surface area contributed by atoms with Crippen molar-refractivity contribution in [2.45, 2.75) is 18.9 Å². The van der Waals surface area contributed by atoms with E-state index >= 15 is 0 Å². The summed E-state index contributed by atoms with van der Waals surface area (Å²) in [5.74, 6) is -0.00485. The zero-order valence-corrected chi connectivity index (χ0v) is 9.80.